The highest BCUT2D eigenvalue weighted by Gasteiger charge is 2.33. The molecule has 0 unspecified atom stereocenters. The molecule has 0 spiro atoms. The molecule has 0 fully saturated rings. The number of halogens is 3. The first-order chi connectivity index (χ1) is 9.34. The van der Waals surface area contributed by atoms with E-state index < -0.39 is 17.8 Å². The second kappa shape index (κ2) is 5.31. The number of hydrogen-bond acceptors (Lipinski definition) is 6. The Labute approximate surface area is 112 Å². The van der Waals surface area contributed by atoms with Crippen molar-refractivity contribution in [1.82, 2.24) is 24.7 Å². The maximum absolute atomic E-state index is 12.5. The summed E-state index contributed by atoms with van der Waals surface area (Å²) in [7, 11) is 1.73. The molecule has 2 rings (SSSR count). The van der Waals surface area contributed by atoms with Crippen LogP contribution in [0.15, 0.2) is 12.4 Å². The molecule has 2 heterocycles. The van der Waals surface area contributed by atoms with Crippen molar-refractivity contribution in [2.24, 2.45) is 7.05 Å². The van der Waals surface area contributed by atoms with Crippen LogP contribution in [0, 0.1) is 0 Å². The van der Waals surface area contributed by atoms with Crippen molar-refractivity contribution >= 4 is 11.8 Å². The summed E-state index contributed by atoms with van der Waals surface area (Å²) in [5.74, 6) is 0.164. The molecular weight excluding hydrogens is 275 g/mol. The number of anilines is 2. The summed E-state index contributed by atoms with van der Waals surface area (Å²) < 4.78 is 39.2. The minimum absolute atomic E-state index is 0.0146. The lowest BCUT2D eigenvalue weighted by molar-refractivity contribution is -0.141. The molecular formula is C10H12F3N7. The Morgan fingerprint density at radius 1 is 1.35 bits per heavy atom. The Morgan fingerprint density at radius 3 is 2.70 bits per heavy atom. The quantitative estimate of drug-likeness (QED) is 0.866. The van der Waals surface area contributed by atoms with Crippen molar-refractivity contribution in [1.29, 1.82) is 0 Å². The Kier molecular flexibility index (Phi) is 3.72. The molecule has 20 heavy (non-hydrogen) atoms. The molecule has 0 atom stereocenters. The number of nitrogens with one attached hydrogen (secondary N) is 1. The minimum Gasteiger partial charge on any atom is -0.369 e. The van der Waals surface area contributed by atoms with Gasteiger partial charge in [-0.1, -0.05) is 0 Å². The van der Waals surface area contributed by atoms with E-state index in [2.05, 4.69) is 25.4 Å². The average Bonchev–Trinajstić information content (AvgIpc) is 2.73. The van der Waals surface area contributed by atoms with E-state index in [1.807, 2.05) is 0 Å². The Bertz CT molecular complexity index is 593. The van der Waals surface area contributed by atoms with Crippen LogP contribution in [0.5, 0.6) is 0 Å². The number of nitrogens with two attached hydrogens (primary N) is 1. The van der Waals surface area contributed by atoms with Gasteiger partial charge in [-0.25, -0.2) is 9.97 Å². The molecule has 0 bridgehead atoms. The van der Waals surface area contributed by atoms with E-state index in [4.69, 9.17) is 5.73 Å². The number of nitrogen functional groups attached to an aromatic ring is 1. The highest BCUT2D eigenvalue weighted by molar-refractivity contribution is 5.41. The molecule has 0 saturated carbocycles. The highest BCUT2D eigenvalue weighted by Crippen LogP contribution is 2.29. The Hall–Kier alpha value is -2.39. The zero-order valence-electron chi connectivity index (χ0n) is 10.5. The van der Waals surface area contributed by atoms with Gasteiger partial charge in [0.05, 0.1) is 0 Å². The largest absolute Gasteiger partial charge is 0.433 e. The summed E-state index contributed by atoms with van der Waals surface area (Å²) in [6, 6.07) is 0.808. The van der Waals surface area contributed by atoms with Crippen molar-refractivity contribution in [3.63, 3.8) is 0 Å². The van der Waals surface area contributed by atoms with E-state index in [9.17, 15) is 13.2 Å². The van der Waals surface area contributed by atoms with E-state index in [1.54, 1.807) is 18.1 Å². The van der Waals surface area contributed by atoms with Gasteiger partial charge in [0.15, 0.2) is 11.5 Å². The maximum Gasteiger partial charge on any atom is 0.433 e. The lowest BCUT2D eigenvalue weighted by atomic mass is 10.3. The van der Waals surface area contributed by atoms with Gasteiger partial charge < -0.3 is 11.1 Å². The topological polar surface area (TPSA) is 94.5 Å². The monoisotopic (exact) mass is 287 g/mol. The first-order valence-corrected chi connectivity index (χ1v) is 5.65. The third-order valence-corrected chi connectivity index (χ3v) is 2.34. The predicted octanol–water partition coefficient (Wildman–Crippen LogP) is 0.861. The summed E-state index contributed by atoms with van der Waals surface area (Å²) in [6.07, 6.45) is -2.57. The van der Waals surface area contributed by atoms with Gasteiger partial charge in [-0.2, -0.15) is 23.3 Å². The van der Waals surface area contributed by atoms with Crippen molar-refractivity contribution in [2.75, 3.05) is 17.6 Å². The van der Waals surface area contributed by atoms with Gasteiger partial charge in [0.2, 0.25) is 5.95 Å². The summed E-state index contributed by atoms with van der Waals surface area (Å²) in [5.41, 5.74) is 4.17. The fraction of sp³-hybridized carbons (Fsp3) is 0.400. The van der Waals surface area contributed by atoms with Crippen LogP contribution in [0.25, 0.3) is 0 Å². The van der Waals surface area contributed by atoms with Crippen LogP contribution in [-0.4, -0.2) is 31.3 Å². The fourth-order valence-electron chi connectivity index (χ4n) is 1.50. The number of hydrogen-bond donors (Lipinski definition) is 2. The van der Waals surface area contributed by atoms with E-state index in [1.165, 1.54) is 0 Å². The Balaban J connectivity index is 2.00. The molecule has 10 heteroatoms. The first-order valence-electron chi connectivity index (χ1n) is 5.65. The van der Waals surface area contributed by atoms with E-state index in [0.29, 0.717) is 18.8 Å². The van der Waals surface area contributed by atoms with Gasteiger partial charge in [0, 0.05) is 26.1 Å². The molecule has 0 aliphatic heterocycles. The van der Waals surface area contributed by atoms with Crippen molar-refractivity contribution < 1.29 is 13.2 Å². The summed E-state index contributed by atoms with van der Waals surface area (Å²) in [4.78, 5) is 10.8. The molecule has 0 radical (unpaired) electrons. The molecule has 3 N–H and O–H groups in total. The fourth-order valence-corrected chi connectivity index (χ4v) is 1.50. The molecule has 0 aliphatic carbocycles. The van der Waals surface area contributed by atoms with Crippen molar-refractivity contribution in [2.45, 2.75) is 12.6 Å². The SMILES string of the molecule is Cn1cnc(CCNc2cc(C(F)(F)F)nc(N)n2)n1. The van der Waals surface area contributed by atoms with Gasteiger partial charge >= 0.3 is 6.18 Å². The molecule has 0 aliphatic rings. The number of aryl methyl sites for hydroxylation is 1. The molecule has 0 saturated heterocycles. The standard InChI is InChI=1S/C10H12F3N7/c1-20-5-16-7(19-20)2-3-15-8-4-6(10(11,12)13)17-9(14)18-8/h4-5H,2-3H2,1H3,(H3,14,15,17,18). The zero-order valence-corrected chi connectivity index (χ0v) is 10.5. The average molecular weight is 287 g/mol. The van der Waals surface area contributed by atoms with Crippen LogP contribution in [0.1, 0.15) is 11.5 Å². The highest BCUT2D eigenvalue weighted by atomic mass is 19.4. The summed E-state index contributed by atoms with van der Waals surface area (Å²) >= 11 is 0. The smallest absolute Gasteiger partial charge is 0.369 e. The first kappa shape index (κ1) is 14.0. The Morgan fingerprint density at radius 2 is 2.10 bits per heavy atom. The van der Waals surface area contributed by atoms with Gasteiger partial charge in [-0.15, -0.1) is 0 Å². The summed E-state index contributed by atoms with van der Waals surface area (Å²) in [5, 5.41) is 6.78. The minimum atomic E-state index is -4.56. The molecule has 0 aromatic carbocycles. The van der Waals surface area contributed by atoms with Crippen molar-refractivity contribution in [3.8, 4) is 0 Å². The lowest BCUT2D eigenvalue weighted by Gasteiger charge is -2.09. The zero-order chi connectivity index (χ0) is 14.8. The molecule has 2 aromatic heterocycles. The van der Waals surface area contributed by atoms with Crippen LogP contribution in [-0.2, 0) is 19.6 Å². The van der Waals surface area contributed by atoms with Crippen LogP contribution >= 0.6 is 0 Å². The number of aromatic nitrogens is 5. The normalized spacial score (nSPS) is 11.6. The number of nitrogens with zero attached hydrogens (tertiary/aromatic N) is 5. The van der Waals surface area contributed by atoms with Gasteiger partial charge in [-0.3, -0.25) is 4.68 Å². The predicted molar refractivity (Wildman–Crippen MR) is 64.6 cm³/mol. The number of rotatable bonds is 4. The van der Waals surface area contributed by atoms with Crippen LogP contribution in [0.3, 0.4) is 0 Å². The molecule has 0 amide bonds. The second-order valence-corrected chi connectivity index (χ2v) is 4.01. The van der Waals surface area contributed by atoms with Crippen LogP contribution in [0.4, 0.5) is 24.9 Å². The van der Waals surface area contributed by atoms with Crippen LogP contribution in [0.2, 0.25) is 0 Å². The summed E-state index contributed by atoms with van der Waals surface area (Å²) in [6.45, 7) is 0.331. The maximum atomic E-state index is 12.5. The third-order valence-electron chi connectivity index (χ3n) is 2.34. The van der Waals surface area contributed by atoms with Crippen LogP contribution < -0.4 is 11.1 Å². The van der Waals surface area contributed by atoms with Gasteiger partial charge in [0.25, 0.3) is 0 Å². The van der Waals surface area contributed by atoms with Gasteiger partial charge in [0.1, 0.15) is 12.1 Å². The lowest BCUT2D eigenvalue weighted by Crippen LogP contribution is -2.14. The van der Waals surface area contributed by atoms with Gasteiger partial charge in [-0.05, 0) is 0 Å². The van der Waals surface area contributed by atoms with E-state index >= 15 is 0 Å². The molecule has 108 valence electrons. The number of alkyl halides is 3. The second-order valence-electron chi connectivity index (χ2n) is 4.01. The van der Waals surface area contributed by atoms with E-state index in [0.717, 1.165) is 6.07 Å². The molecule has 7 nitrogen and oxygen atoms in total. The molecule has 2 aromatic rings. The van der Waals surface area contributed by atoms with E-state index in [-0.39, 0.29) is 5.82 Å². The third kappa shape index (κ3) is 3.56. The van der Waals surface area contributed by atoms with Crippen molar-refractivity contribution in [3.05, 3.63) is 23.9 Å².